The highest BCUT2D eigenvalue weighted by molar-refractivity contribution is 6.31. The normalized spacial score (nSPS) is 29.1. The third-order valence-electron chi connectivity index (χ3n) is 4.41. The third kappa shape index (κ3) is 2.76. The fraction of sp³-hybridized carbons (Fsp3) is 0.533. The Kier molecular flexibility index (Phi) is 3.43. The van der Waals surface area contributed by atoms with Crippen LogP contribution in [-0.2, 0) is 0 Å². The fourth-order valence-electron chi connectivity index (χ4n) is 3.22. The quantitative estimate of drug-likeness (QED) is 0.687. The van der Waals surface area contributed by atoms with Crippen LogP contribution in [0.15, 0.2) is 18.2 Å². The lowest BCUT2D eigenvalue weighted by Crippen LogP contribution is -2.46. The van der Waals surface area contributed by atoms with E-state index in [1.807, 2.05) is 0 Å². The Morgan fingerprint density at radius 3 is 2.52 bits per heavy atom. The number of halogens is 4. The Bertz CT molecular complexity index is 575. The summed E-state index contributed by atoms with van der Waals surface area (Å²) in [6.45, 7) is 0. The number of carbonyl (C=O) groups is 1. The van der Waals surface area contributed by atoms with Crippen molar-refractivity contribution in [3.63, 3.8) is 0 Å². The van der Waals surface area contributed by atoms with Crippen LogP contribution in [0, 0.1) is 5.92 Å². The van der Waals surface area contributed by atoms with Crippen LogP contribution in [0.1, 0.15) is 42.5 Å². The number of alkyl halides is 3. The summed E-state index contributed by atoms with van der Waals surface area (Å²) in [6.07, 6.45) is -3.49. The van der Waals surface area contributed by atoms with Crippen LogP contribution in [0.5, 0.6) is 5.75 Å². The number of Topliss-reactive ketones (excluding diaryl/α,β-unsaturated/α-hetero) is 1. The molecule has 1 aliphatic carbocycles. The molecule has 0 unspecified atom stereocenters. The van der Waals surface area contributed by atoms with Crippen molar-refractivity contribution in [2.75, 3.05) is 0 Å². The number of fused-ring (bicyclic) bond motifs is 1. The summed E-state index contributed by atoms with van der Waals surface area (Å²) in [5.41, 5.74) is -0.356. The van der Waals surface area contributed by atoms with Gasteiger partial charge in [0.05, 0.1) is 17.9 Å². The first-order valence-corrected chi connectivity index (χ1v) is 7.25. The molecule has 0 bridgehead atoms. The monoisotopic (exact) mass is 318 g/mol. The molecular weight excluding hydrogens is 305 g/mol. The van der Waals surface area contributed by atoms with Crippen LogP contribution in [0.4, 0.5) is 13.2 Å². The zero-order valence-corrected chi connectivity index (χ0v) is 11.9. The number of hydrogen-bond acceptors (Lipinski definition) is 2. The van der Waals surface area contributed by atoms with Gasteiger partial charge in [0.1, 0.15) is 11.4 Å². The lowest BCUT2D eigenvalue weighted by Gasteiger charge is -2.43. The van der Waals surface area contributed by atoms with E-state index in [4.69, 9.17) is 16.3 Å². The SMILES string of the molecule is O=C1CC2(CCC(C(F)(F)F)CC2)Oc2ccc(Cl)cc21. The number of hydrogen-bond donors (Lipinski definition) is 0. The standard InChI is InChI=1S/C15H14ClF3O2/c16-10-1-2-13-11(7-10)12(20)8-14(21-13)5-3-9(4-6-14)15(17,18)19/h1-2,7,9H,3-6,8H2. The second-order valence-corrected chi connectivity index (χ2v) is 6.28. The molecule has 1 fully saturated rings. The van der Waals surface area contributed by atoms with E-state index < -0.39 is 17.7 Å². The van der Waals surface area contributed by atoms with Gasteiger partial charge < -0.3 is 4.74 Å². The van der Waals surface area contributed by atoms with E-state index >= 15 is 0 Å². The van der Waals surface area contributed by atoms with Crippen molar-refractivity contribution in [2.24, 2.45) is 5.92 Å². The van der Waals surface area contributed by atoms with Crippen molar-refractivity contribution >= 4 is 17.4 Å². The van der Waals surface area contributed by atoms with Gasteiger partial charge in [-0.15, -0.1) is 0 Å². The predicted octanol–water partition coefficient (Wildman–Crippen LogP) is 4.80. The van der Waals surface area contributed by atoms with Crippen molar-refractivity contribution in [3.8, 4) is 5.75 Å². The highest BCUT2D eigenvalue weighted by Crippen LogP contribution is 2.47. The molecule has 21 heavy (non-hydrogen) atoms. The molecule has 0 saturated heterocycles. The molecular formula is C15H14ClF3O2. The van der Waals surface area contributed by atoms with Crippen molar-refractivity contribution in [1.82, 2.24) is 0 Å². The highest BCUT2D eigenvalue weighted by Gasteiger charge is 2.49. The van der Waals surface area contributed by atoms with E-state index in [9.17, 15) is 18.0 Å². The summed E-state index contributed by atoms with van der Waals surface area (Å²) in [5, 5.41) is 0.447. The van der Waals surface area contributed by atoms with E-state index in [0.29, 0.717) is 16.3 Å². The Morgan fingerprint density at radius 2 is 1.90 bits per heavy atom. The van der Waals surface area contributed by atoms with Gasteiger partial charge in [0.15, 0.2) is 5.78 Å². The number of ether oxygens (including phenoxy) is 1. The second-order valence-electron chi connectivity index (χ2n) is 5.84. The number of benzene rings is 1. The van der Waals surface area contributed by atoms with E-state index in [1.54, 1.807) is 18.2 Å². The molecule has 1 spiro atoms. The summed E-state index contributed by atoms with van der Waals surface area (Å²) in [6, 6.07) is 4.79. The molecule has 0 aromatic heterocycles. The third-order valence-corrected chi connectivity index (χ3v) is 4.65. The summed E-state index contributed by atoms with van der Waals surface area (Å²) >= 11 is 5.86. The van der Waals surface area contributed by atoms with Gasteiger partial charge in [-0.05, 0) is 43.9 Å². The topological polar surface area (TPSA) is 26.3 Å². The zero-order chi connectivity index (χ0) is 15.3. The largest absolute Gasteiger partial charge is 0.486 e. The zero-order valence-electron chi connectivity index (χ0n) is 11.2. The number of rotatable bonds is 0. The van der Waals surface area contributed by atoms with Gasteiger partial charge in [0, 0.05) is 5.02 Å². The molecule has 0 atom stereocenters. The lowest BCUT2D eigenvalue weighted by molar-refractivity contribution is -0.190. The molecule has 1 aromatic rings. The van der Waals surface area contributed by atoms with Gasteiger partial charge in [-0.3, -0.25) is 4.79 Å². The minimum absolute atomic E-state index is 0.0136. The Hall–Kier alpha value is -1.23. The number of ketones is 1. The van der Waals surface area contributed by atoms with Gasteiger partial charge in [-0.1, -0.05) is 11.6 Å². The maximum Gasteiger partial charge on any atom is 0.391 e. The maximum atomic E-state index is 12.7. The van der Waals surface area contributed by atoms with E-state index in [0.717, 1.165) is 0 Å². The molecule has 6 heteroatoms. The smallest absolute Gasteiger partial charge is 0.391 e. The van der Waals surface area contributed by atoms with Crippen molar-refractivity contribution < 1.29 is 22.7 Å². The summed E-state index contributed by atoms with van der Waals surface area (Å²) < 4.78 is 44.1. The molecule has 1 aromatic carbocycles. The van der Waals surface area contributed by atoms with Crippen LogP contribution in [0.25, 0.3) is 0 Å². The van der Waals surface area contributed by atoms with Gasteiger partial charge in [-0.25, -0.2) is 0 Å². The first kappa shape index (κ1) is 14.7. The van der Waals surface area contributed by atoms with Crippen molar-refractivity contribution in [1.29, 1.82) is 0 Å². The molecule has 1 saturated carbocycles. The maximum absolute atomic E-state index is 12.7. The van der Waals surface area contributed by atoms with Gasteiger partial charge >= 0.3 is 6.18 Å². The van der Waals surface area contributed by atoms with Gasteiger partial charge in [-0.2, -0.15) is 13.2 Å². The average Bonchev–Trinajstić information content (AvgIpc) is 2.39. The summed E-state index contributed by atoms with van der Waals surface area (Å²) in [7, 11) is 0. The summed E-state index contributed by atoms with van der Waals surface area (Å²) in [5.74, 6) is -0.959. The first-order valence-electron chi connectivity index (χ1n) is 6.88. The van der Waals surface area contributed by atoms with Crippen LogP contribution >= 0.6 is 11.6 Å². The van der Waals surface area contributed by atoms with Crippen LogP contribution in [0.2, 0.25) is 5.02 Å². The van der Waals surface area contributed by atoms with Crippen LogP contribution in [-0.4, -0.2) is 17.6 Å². The van der Waals surface area contributed by atoms with E-state index in [2.05, 4.69) is 0 Å². The van der Waals surface area contributed by atoms with Crippen LogP contribution in [0.3, 0.4) is 0 Å². The minimum Gasteiger partial charge on any atom is -0.486 e. The minimum atomic E-state index is -4.16. The van der Waals surface area contributed by atoms with Crippen LogP contribution < -0.4 is 4.74 Å². The number of carbonyl (C=O) groups excluding carboxylic acids is 1. The highest BCUT2D eigenvalue weighted by atomic mass is 35.5. The molecule has 3 rings (SSSR count). The molecule has 114 valence electrons. The predicted molar refractivity (Wildman–Crippen MR) is 71.8 cm³/mol. The van der Waals surface area contributed by atoms with Crippen molar-refractivity contribution in [2.45, 2.75) is 43.9 Å². The molecule has 0 N–H and O–H groups in total. The molecule has 2 nitrogen and oxygen atoms in total. The molecule has 1 heterocycles. The summed E-state index contributed by atoms with van der Waals surface area (Å²) in [4.78, 5) is 12.2. The molecule has 0 radical (unpaired) electrons. The first-order chi connectivity index (χ1) is 9.79. The van der Waals surface area contributed by atoms with E-state index in [1.165, 1.54) is 0 Å². The van der Waals surface area contributed by atoms with Crippen molar-refractivity contribution in [3.05, 3.63) is 28.8 Å². The Labute approximate surface area is 125 Å². The lowest BCUT2D eigenvalue weighted by atomic mass is 9.74. The fourth-order valence-corrected chi connectivity index (χ4v) is 3.39. The Morgan fingerprint density at radius 1 is 1.24 bits per heavy atom. The second kappa shape index (κ2) is 4.90. The molecule has 0 amide bonds. The van der Waals surface area contributed by atoms with Gasteiger partial charge in [0.25, 0.3) is 0 Å². The molecule has 1 aliphatic heterocycles. The van der Waals surface area contributed by atoms with E-state index in [-0.39, 0.29) is 37.9 Å². The molecule has 2 aliphatic rings. The average molecular weight is 319 g/mol. The van der Waals surface area contributed by atoms with Gasteiger partial charge in [0.2, 0.25) is 0 Å². The Balaban J connectivity index is 1.80.